The molecule has 0 spiro atoms. The summed E-state index contributed by atoms with van der Waals surface area (Å²) >= 11 is 0. The van der Waals surface area contributed by atoms with E-state index < -0.39 is 0 Å². The van der Waals surface area contributed by atoms with Crippen LogP contribution in [0.15, 0.2) is 6.07 Å². The molecule has 0 radical (unpaired) electrons. The molecule has 0 aliphatic heterocycles. The summed E-state index contributed by atoms with van der Waals surface area (Å²) in [6.07, 6.45) is 5.50. The van der Waals surface area contributed by atoms with Crippen LogP contribution in [0.2, 0.25) is 0 Å². The molecule has 112 valence electrons. The van der Waals surface area contributed by atoms with Crippen LogP contribution in [0.25, 0.3) is 0 Å². The molecular weight excluding hydrogens is 250 g/mol. The van der Waals surface area contributed by atoms with Crippen LogP contribution < -0.4 is 10.1 Å². The van der Waals surface area contributed by atoms with Gasteiger partial charge in [0.05, 0.1) is 6.10 Å². The van der Waals surface area contributed by atoms with Gasteiger partial charge in [-0.25, -0.2) is 4.98 Å². The maximum Gasteiger partial charge on any atom is 0.226 e. The van der Waals surface area contributed by atoms with Gasteiger partial charge in [-0.2, -0.15) is 4.98 Å². The number of nitrogens with zero attached hydrogens (tertiary/aromatic N) is 2. The molecule has 1 aliphatic rings. The lowest BCUT2D eigenvalue weighted by atomic mass is 9.82. The van der Waals surface area contributed by atoms with Gasteiger partial charge in [-0.15, -0.1) is 0 Å². The number of aryl methyl sites for hydroxylation is 1. The lowest BCUT2D eigenvalue weighted by molar-refractivity contribution is 0.232. The molecule has 2 unspecified atom stereocenters. The fraction of sp³-hybridized carbons (Fsp3) is 0.750. The van der Waals surface area contributed by atoms with Crippen molar-refractivity contribution >= 4 is 5.95 Å². The standard InChI is InChI=1S/C16H27N3O/c1-11(2)20-15-9-13(4)18-16(19-15)17-10-14-7-5-6-12(3)8-14/h9,11-12,14H,5-8,10H2,1-4H3,(H,17,18,19). The second-order valence-electron chi connectivity index (χ2n) is 6.36. The third-order valence-electron chi connectivity index (χ3n) is 3.78. The Morgan fingerprint density at radius 3 is 2.85 bits per heavy atom. The van der Waals surface area contributed by atoms with Crippen LogP contribution in [0.3, 0.4) is 0 Å². The van der Waals surface area contributed by atoms with Gasteiger partial charge in [0.25, 0.3) is 0 Å². The molecule has 2 rings (SSSR count). The summed E-state index contributed by atoms with van der Waals surface area (Å²) in [5.41, 5.74) is 0.940. The van der Waals surface area contributed by atoms with Crippen LogP contribution >= 0.6 is 0 Å². The quantitative estimate of drug-likeness (QED) is 0.889. The number of rotatable bonds is 5. The van der Waals surface area contributed by atoms with E-state index >= 15 is 0 Å². The van der Waals surface area contributed by atoms with Crippen molar-refractivity contribution in [3.63, 3.8) is 0 Å². The Balaban J connectivity index is 1.93. The van der Waals surface area contributed by atoms with Crippen LogP contribution in [-0.4, -0.2) is 22.6 Å². The highest BCUT2D eigenvalue weighted by Crippen LogP contribution is 2.28. The number of anilines is 1. The van der Waals surface area contributed by atoms with E-state index in [9.17, 15) is 0 Å². The third kappa shape index (κ3) is 4.66. The van der Waals surface area contributed by atoms with E-state index in [-0.39, 0.29) is 6.10 Å². The Morgan fingerprint density at radius 1 is 1.35 bits per heavy atom. The maximum atomic E-state index is 5.65. The van der Waals surface area contributed by atoms with Crippen molar-refractivity contribution in [2.24, 2.45) is 11.8 Å². The summed E-state index contributed by atoms with van der Waals surface area (Å²) in [7, 11) is 0. The molecule has 4 nitrogen and oxygen atoms in total. The molecule has 1 N–H and O–H groups in total. The average molecular weight is 277 g/mol. The lowest BCUT2D eigenvalue weighted by Gasteiger charge is -2.26. The van der Waals surface area contributed by atoms with E-state index in [4.69, 9.17) is 4.74 Å². The SMILES string of the molecule is Cc1cc(OC(C)C)nc(NCC2CCCC(C)C2)n1. The van der Waals surface area contributed by atoms with Crippen LogP contribution in [0, 0.1) is 18.8 Å². The Kier molecular flexibility index (Phi) is 5.21. The molecule has 0 amide bonds. The highest BCUT2D eigenvalue weighted by Gasteiger charge is 2.18. The van der Waals surface area contributed by atoms with Gasteiger partial charge in [-0.1, -0.05) is 19.8 Å². The molecule has 0 aromatic carbocycles. The van der Waals surface area contributed by atoms with Gasteiger partial charge < -0.3 is 10.1 Å². The zero-order chi connectivity index (χ0) is 14.5. The van der Waals surface area contributed by atoms with E-state index in [1.54, 1.807) is 0 Å². The van der Waals surface area contributed by atoms with Crippen LogP contribution in [0.4, 0.5) is 5.95 Å². The minimum atomic E-state index is 0.136. The Hall–Kier alpha value is -1.32. The summed E-state index contributed by atoms with van der Waals surface area (Å²) in [6.45, 7) is 9.31. The summed E-state index contributed by atoms with van der Waals surface area (Å²) in [5, 5.41) is 3.39. The normalized spacial score (nSPS) is 22.9. The zero-order valence-corrected chi connectivity index (χ0v) is 13.1. The van der Waals surface area contributed by atoms with Gasteiger partial charge in [0.1, 0.15) is 0 Å². The first-order chi connectivity index (χ1) is 9.52. The van der Waals surface area contributed by atoms with Gasteiger partial charge in [-0.05, 0) is 45.4 Å². The second-order valence-corrected chi connectivity index (χ2v) is 6.36. The van der Waals surface area contributed by atoms with Gasteiger partial charge in [0.2, 0.25) is 11.8 Å². The van der Waals surface area contributed by atoms with Crippen LogP contribution in [0.5, 0.6) is 5.88 Å². The average Bonchev–Trinajstić information content (AvgIpc) is 2.35. The van der Waals surface area contributed by atoms with Gasteiger partial charge in [0.15, 0.2) is 0 Å². The fourth-order valence-corrected chi connectivity index (χ4v) is 2.90. The Bertz CT molecular complexity index is 434. The highest BCUT2D eigenvalue weighted by atomic mass is 16.5. The molecule has 1 saturated carbocycles. The molecule has 2 atom stereocenters. The molecule has 1 aromatic heterocycles. The van der Waals surface area contributed by atoms with Gasteiger partial charge in [-0.3, -0.25) is 0 Å². The molecule has 0 bridgehead atoms. The summed E-state index contributed by atoms with van der Waals surface area (Å²) in [5.74, 6) is 2.96. The van der Waals surface area contributed by atoms with Crippen molar-refractivity contribution < 1.29 is 4.74 Å². The first kappa shape index (κ1) is 15.1. The number of aromatic nitrogens is 2. The summed E-state index contributed by atoms with van der Waals surface area (Å²) in [4.78, 5) is 8.88. The molecule has 1 fully saturated rings. The predicted molar refractivity (Wildman–Crippen MR) is 82.1 cm³/mol. The van der Waals surface area contributed by atoms with E-state index in [1.165, 1.54) is 25.7 Å². The van der Waals surface area contributed by atoms with Crippen LogP contribution in [-0.2, 0) is 0 Å². The largest absolute Gasteiger partial charge is 0.475 e. The zero-order valence-electron chi connectivity index (χ0n) is 13.1. The monoisotopic (exact) mass is 277 g/mol. The molecule has 4 heteroatoms. The third-order valence-corrected chi connectivity index (χ3v) is 3.78. The van der Waals surface area contributed by atoms with Crippen molar-refractivity contribution in [1.82, 2.24) is 9.97 Å². The van der Waals surface area contributed by atoms with Crippen molar-refractivity contribution in [3.8, 4) is 5.88 Å². The first-order valence-electron chi connectivity index (χ1n) is 7.79. The second kappa shape index (κ2) is 6.91. The number of ether oxygens (including phenoxy) is 1. The van der Waals surface area contributed by atoms with Crippen molar-refractivity contribution in [2.75, 3.05) is 11.9 Å². The van der Waals surface area contributed by atoms with E-state index in [0.29, 0.717) is 11.8 Å². The van der Waals surface area contributed by atoms with E-state index in [0.717, 1.165) is 24.1 Å². The number of hydrogen-bond acceptors (Lipinski definition) is 4. The number of hydrogen-bond donors (Lipinski definition) is 1. The van der Waals surface area contributed by atoms with Gasteiger partial charge in [0, 0.05) is 18.3 Å². The van der Waals surface area contributed by atoms with Gasteiger partial charge >= 0.3 is 0 Å². The first-order valence-corrected chi connectivity index (χ1v) is 7.79. The van der Waals surface area contributed by atoms with E-state index in [1.807, 2.05) is 26.8 Å². The van der Waals surface area contributed by atoms with Crippen molar-refractivity contribution in [1.29, 1.82) is 0 Å². The molecule has 20 heavy (non-hydrogen) atoms. The highest BCUT2D eigenvalue weighted by molar-refractivity contribution is 5.30. The molecule has 1 aliphatic carbocycles. The molecule has 1 aromatic rings. The lowest BCUT2D eigenvalue weighted by Crippen LogP contribution is -2.22. The fourth-order valence-electron chi connectivity index (χ4n) is 2.90. The predicted octanol–water partition coefficient (Wildman–Crippen LogP) is 3.81. The van der Waals surface area contributed by atoms with E-state index in [2.05, 4.69) is 22.2 Å². The Labute approximate surface area is 122 Å². The minimum Gasteiger partial charge on any atom is -0.475 e. The van der Waals surface area contributed by atoms with Crippen molar-refractivity contribution in [3.05, 3.63) is 11.8 Å². The molecule has 1 heterocycles. The van der Waals surface area contributed by atoms with Crippen molar-refractivity contribution in [2.45, 2.75) is 59.5 Å². The summed E-state index contributed by atoms with van der Waals surface area (Å²) < 4.78 is 5.65. The van der Waals surface area contributed by atoms with Crippen LogP contribution in [0.1, 0.15) is 52.1 Å². The maximum absolute atomic E-state index is 5.65. The molecular formula is C16H27N3O. The summed E-state index contributed by atoms with van der Waals surface area (Å²) in [6, 6.07) is 1.88. The smallest absolute Gasteiger partial charge is 0.226 e. The minimum absolute atomic E-state index is 0.136. The Morgan fingerprint density at radius 2 is 2.15 bits per heavy atom. The topological polar surface area (TPSA) is 47.0 Å². The molecule has 0 saturated heterocycles. The number of nitrogens with one attached hydrogen (secondary N) is 1.